The second kappa shape index (κ2) is 13.1. The molecule has 0 saturated carbocycles. The van der Waals surface area contributed by atoms with Crippen molar-refractivity contribution < 1.29 is 24.2 Å². The smallest absolute Gasteiger partial charge is 0.308 e. The molecule has 196 valence electrons. The van der Waals surface area contributed by atoms with E-state index >= 15 is 0 Å². The summed E-state index contributed by atoms with van der Waals surface area (Å²) >= 11 is 0. The van der Waals surface area contributed by atoms with Crippen molar-refractivity contribution in [2.24, 2.45) is 11.8 Å². The van der Waals surface area contributed by atoms with E-state index in [1.165, 1.54) is 0 Å². The highest BCUT2D eigenvalue weighted by Gasteiger charge is 2.47. The summed E-state index contributed by atoms with van der Waals surface area (Å²) in [5.41, 5.74) is 0.943. The number of unbranched alkanes of at least 4 members (excludes halogenated alkanes) is 2. The number of rotatable bonds is 14. The predicted octanol–water partition coefficient (Wildman–Crippen LogP) is 5.14. The molecule has 0 aliphatic carbocycles. The van der Waals surface area contributed by atoms with Crippen LogP contribution in [0.4, 0.5) is 0 Å². The average Bonchev–Trinajstić information content (AvgIpc) is 3.46. The van der Waals surface area contributed by atoms with Gasteiger partial charge in [-0.3, -0.25) is 14.5 Å². The van der Waals surface area contributed by atoms with E-state index in [0.717, 1.165) is 63.6 Å². The van der Waals surface area contributed by atoms with Crippen molar-refractivity contribution in [3.05, 3.63) is 23.8 Å². The van der Waals surface area contributed by atoms with Gasteiger partial charge < -0.3 is 19.5 Å². The fourth-order valence-electron chi connectivity index (χ4n) is 5.33. The lowest BCUT2D eigenvalue weighted by Gasteiger charge is -2.30. The molecule has 7 nitrogen and oxygen atoms in total. The molecule has 0 radical (unpaired) electrons. The van der Waals surface area contributed by atoms with Crippen molar-refractivity contribution in [3.8, 4) is 11.5 Å². The predicted molar refractivity (Wildman–Crippen MR) is 137 cm³/mol. The highest BCUT2D eigenvalue weighted by Crippen LogP contribution is 2.43. The van der Waals surface area contributed by atoms with Crippen LogP contribution < -0.4 is 9.47 Å². The normalized spacial score (nSPS) is 22.3. The highest BCUT2D eigenvalue weighted by molar-refractivity contribution is 5.79. The molecule has 0 spiro atoms. The molecular formula is C28H44N2O5. The lowest BCUT2D eigenvalue weighted by atomic mass is 9.83. The fourth-order valence-corrected chi connectivity index (χ4v) is 5.33. The van der Waals surface area contributed by atoms with E-state index in [1.807, 2.05) is 23.1 Å². The number of benzene rings is 1. The Labute approximate surface area is 210 Å². The maximum absolute atomic E-state index is 13.4. The number of carbonyl (C=O) groups is 2. The van der Waals surface area contributed by atoms with Crippen LogP contribution in [-0.2, 0) is 9.59 Å². The van der Waals surface area contributed by atoms with Crippen LogP contribution in [0.3, 0.4) is 0 Å². The van der Waals surface area contributed by atoms with Gasteiger partial charge in [-0.25, -0.2) is 0 Å². The summed E-state index contributed by atoms with van der Waals surface area (Å²) in [5, 5.41) is 10.3. The van der Waals surface area contributed by atoms with Crippen LogP contribution in [0.2, 0.25) is 0 Å². The zero-order chi connectivity index (χ0) is 25.4. The second-order valence-electron chi connectivity index (χ2n) is 10.3. The number of hydrogen-bond acceptors (Lipinski definition) is 5. The van der Waals surface area contributed by atoms with Gasteiger partial charge in [-0.15, -0.1) is 0 Å². The number of carboxylic acid groups (broad SMARTS) is 1. The van der Waals surface area contributed by atoms with Gasteiger partial charge >= 0.3 is 5.97 Å². The molecule has 0 bridgehead atoms. The summed E-state index contributed by atoms with van der Waals surface area (Å²) in [7, 11) is 0. The lowest BCUT2D eigenvalue weighted by molar-refractivity contribution is -0.144. The van der Waals surface area contributed by atoms with Crippen LogP contribution in [0, 0.1) is 11.8 Å². The summed E-state index contributed by atoms with van der Waals surface area (Å²) in [6.45, 7) is 11.2. The minimum atomic E-state index is -0.786. The maximum atomic E-state index is 13.4. The van der Waals surface area contributed by atoms with Crippen LogP contribution in [0.15, 0.2) is 18.2 Å². The summed E-state index contributed by atoms with van der Waals surface area (Å²) in [6, 6.07) is 5.59. The van der Waals surface area contributed by atoms with E-state index in [0.29, 0.717) is 24.0 Å². The van der Waals surface area contributed by atoms with Crippen LogP contribution in [0.5, 0.6) is 11.5 Å². The van der Waals surface area contributed by atoms with Crippen LogP contribution >= 0.6 is 0 Å². The van der Waals surface area contributed by atoms with Crippen molar-refractivity contribution in [2.75, 3.05) is 33.0 Å². The van der Waals surface area contributed by atoms with Gasteiger partial charge in [0.05, 0.1) is 12.5 Å². The monoisotopic (exact) mass is 488 g/mol. The Morgan fingerprint density at radius 3 is 2.43 bits per heavy atom. The standard InChI is InChI=1S/C28H44N2O5/c1-5-8-14-29(15-9-6-2)26(31)18-30-17-22(21-11-13-24-25(16-21)35-19-34-24)27(28(32)33)23(30)12-10-20(4)7-3/h11,13,16,20,22-23,27H,5-10,12,14-15,17-19H2,1-4H3,(H,32,33). The highest BCUT2D eigenvalue weighted by atomic mass is 16.7. The first-order chi connectivity index (χ1) is 16.9. The molecule has 2 aliphatic rings. The van der Waals surface area contributed by atoms with E-state index < -0.39 is 11.9 Å². The Bertz CT molecular complexity index is 837. The molecule has 4 atom stereocenters. The van der Waals surface area contributed by atoms with Crippen LogP contribution in [-0.4, -0.2) is 65.8 Å². The topological polar surface area (TPSA) is 79.3 Å². The van der Waals surface area contributed by atoms with E-state index in [2.05, 4.69) is 32.6 Å². The second-order valence-corrected chi connectivity index (χ2v) is 10.3. The van der Waals surface area contributed by atoms with Crippen molar-refractivity contribution in [2.45, 2.75) is 84.6 Å². The molecule has 4 unspecified atom stereocenters. The number of amides is 1. The number of carboxylic acids is 1. The molecule has 1 fully saturated rings. The minimum Gasteiger partial charge on any atom is -0.481 e. The van der Waals surface area contributed by atoms with Gasteiger partial charge in [0.15, 0.2) is 11.5 Å². The lowest BCUT2D eigenvalue weighted by Crippen LogP contribution is -2.44. The third kappa shape index (κ3) is 6.90. The number of hydrogen-bond donors (Lipinski definition) is 1. The quantitative estimate of drug-likeness (QED) is 0.391. The van der Waals surface area contributed by atoms with Gasteiger partial charge in [0.1, 0.15) is 0 Å². The summed E-state index contributed by atoms with van der Waals surface area (Å²) in [6.07, 6.45) is 6.88. The Balaban J connectivity index is 1.85. The van der Waals surface area contributed by atoms with Crippen molar-refractivity contribution >= 4 is 11.9 Å². The van der Waals surface area contributed by atoms with Crippen molar-refractivity contribution in [3.63, 3.8) is 0 Å². The third-order valence-corrected chi connectivity index (χ3v) is 7.76. The number of nitrogens with zero attached hydrogens (tertiary/aromatic N) is 2. The Hall–Kier alpha value is -2.28. The largest absolute Gasteiger partial charge is 0.481 e. The molecule has 1 aromatic carbocycles. The summed E-state index contributed by atoms with van der Waals surface area (Å²) < 4.78 is 11.0. The molecule has 1 aromatic rings. The van der Waals surface area contributed by atoms with E-state index in [1.54, 1.807) is 0 Å². The number of likely N-dealkylation sites (tertiary alicyclic amines) is 1. The number of aliphatic carboxylic acids is 1. The van der Waals surface area contributed by atoms with E-state index in [-0.39, 0.29) is 31.2 Å². The average molecular weight is 489 g/mol. The number of fused-ring (bicyclic) bond motifs is 1. The Kier molecular flexibility index (Phi) is 10.3. The van der Waals surface area contributed by atoms with Gasteiger partial charge in [0, 0.05) is 31.6 Å². The van der Waals surface area contributed by atoms with Crippen molar-refractivity contribution in [1.29, 1.82) is 0 Å². The Morgan fingerprint density at radius 1 is 1.11 bits per heavy atom. The Morgan fingerprint density at radius 2 is 1.80 bits per heavy atom. The maximum Gasteiger partial charge on any atom is 0.308 e. The summed E-state index contributed by atoms with van der Waals surface area (Å²) in [4.78, 5) is 30.2. The number of ether oxygens (including phenoxy) is 2. The van der Waals surface area contributed by atoms with Gasteiger partial charge in [-0.2, -0.15) is 0 Å². The first-order valence-electron chi connectivity index (χ1n) is 13.5. The molecule has 1 amide bonds. The zero-order valence-corrected chi connectivity index (χ0v) is 22.0. The van der Waals surface area contributed by atoms with Gasteiger partial charge in [-0.05, 0) is 49.3 Å². The van der Waals surface area contributed by atoms with E-state index in [4.69, 9.17) is 9.47 Å². The van der Waals surface area contributed by atoms with Gasteiger partial charge in [0.2, 0.25) is 12.7 Å². The molecule has 1 saturated heterocycles. The van der Waals surface area contributed by atoms with Gasteiger partial charge in [-0.1, -0.05) is 53.0 Å². The molecule has 2 heterocycles. The molecular weight excluding hydrogens is 444 g/mol. The van der Waals surface area contributed by atoms with Gasteiger partial charge in [0.25, 0.3) is 0 Å². The first kappa shape index (κ1) is 27.3. The molecule has 0 aromatic heterocycles. The molecule has 1 N–H and O–H groups in total. The number of carbonyl (C=O) groups excluding carboxylic acids is 1. The van der Waals surface area contributed by atoms with Crippen molar-refractivity contribution in [1.82, 2.24) is 9.80 Å². The van der Waals surface area contributed by atoms with Crippen LogP contribution in [0.25, 0.3) is 0 Å². The third-order valence-electron chi connectivity index (χ3n) is 7.76. The summed E-state index contributed by atoms with van der Waals surface area (Å²) in [5.74, 6) is 0.464. The first-order valence-corrected chi connectivity index (χ1v) is 13.5. The molecule has 2 aliphatic heterocycles. The molecule has 3 rings (SSSR count). The molecule has 35 heavy (non-hydrogen) atoms. The fraction of sp³-hybridized carbons (Fsp3) is 0.714. The van der Waals surface area contributed by atoms with E-state index in [9.17, 15) is 14.7 Å². The SMILES string of the molecule is CCCCN(CCCC)C(=O)CN1CC(c2ccc3c(c2)OCO3)C(C(=O)O)C1CCC(C)CC. The molecule has 7 heteroatoms. The zero-order valence-electron chi connectivity index (χ0n) is 22.0. The minimum absolute atomic E-state index is 0.121. The van der Waals surface area contributed by atoms with Crippen LogP contribution in [0.1, 0.15) is 84.1 Å².